The lowest BCUT2D eigenvalue weighted by molar-refractivity contribution is 0.556. The lowest BCUT2D eigenvalue weighted by Gasteiger charge is -1.96. The second-order valence-electron chi connectivity index (χ2n) is 3.85. The molecule has 0 amide bonds. The first-order chi connectivity index (χ1) is 8.72. The van der Waals surface area contributed by atoms with Gasteiger partial charge in [-0.15, -0.1) is 10.2 Å². The Morgan fingerprint density at radius 1 is 1.44 bits per heavy atom. The van der Waals surface area contributed by atoms with Gasteiger partial charge >= 0.3 is 0 Å². The van der Waals surface area contributed by atoms with Crippen LogP contribution in [0.25, 0.3) is 11.1 Å². The van der Waals surface area contributed by atoms with Crippen molar-refractivity contribution < 1.29 is 4.42 Å². The molecule has 0 saturated carbocycles. The van der Waals surface area contributed by atoms with Crippen LogP contribution in [0.15, 0.2) is 34.1 Å². The van der Waals surface area contributed by atoms with Crippen molar-refractivity contribution in [1.29, 1.82) is 0 Å². The summed E-state index contributed by atoms with van der Waals surface area (Å²) in [5, 5.41) is 8.63. The molecule has 2 N–H and O–H groups in total. The van der Waals surface area contributed by atoms with Crippen molar-refractivity contribution in [2.24, 2.45) is 7.05 Å². The standard InChI is InChI=1S/C11H11N5OS/c1-16-6-13-15-11(16)18-5-10-14-8-3-2-7(12)4-9(8)17-10/h2-4,6H,5,12H2,1H3. The van der Waals surface area contributed by atoms with Crippen LogP contribution in [-0.2, 0) is 12.8 Å². The average Bonchev–Trinajstić information content (AvgIpc) is 2.92. The number of rotatable bonds is 3. The zero-order valence-electron chi connectivity index (χ0n) is 9.70. The Labute approximate surface area is 107 Å². The monoisotopic (exact) mass is 261 g/mol. The van der Waals surface area contributed by atoms with Crippen LogP contribution in [0.5, 0.6) is 0 Å². The van der Waals surface area contributed by atoms with Crippen LogP contribution in [0.4, 0.5) is 5.69 Å². The van der Waals surface area contributed by atoms with Gasteiger partial charge in [0, 0.05) is 18.8 Å². The van der Waals surface area contributed by atoms with Crippen LogP contribution in [0, 0.1) is 0 Å². The fourth-order valence-electron chi connectivity index (χ4n) is 1.58. The first-order valence-electron chi connectivity index (χ1n) is 5.34. The van der Waals surface area contributed by atoms with E-state index < -0.39 is 0 Å². The number of nitrogens with two attached hydrogens (primary N) is 1. The fraction of sp³-hybridized carbons (Fsp3) is 0.182. The summed E-state index contributed by atoms with van der Waals surface area (Å²) in [6.45, 7) is 0. The molecule has 6 nitrogen and oxygen atoms in total. The Morgan fingerprint density at radius 3 is 3.11 bits per heavy atom. The second-order valence-corrected chi connectivity index (χ2v) is 4.79. The van der Waals surface area contributed by atoms with E-state index in [-0.39, 0.29) is 0 Å². The number of aryl methyl sites for hydroxylation is 1. The van der Waals surface area contributed by atoms with E-state index in [4.69, 9.17) is 10.2 Å². The molecule has 0 atom stereocenters. The van der Waals surface area contributed by atoms with Gasteiger partial charge < -0.3 is 14.7 Å². The molecule has 0 aliphatic heterocycles. The van der Waals surface area contributed by atoms with Gasteiger partial charge in [-0.05, 0) is 12.1 Å². The van der Waals surface area contributed by atoms with Gasteiger partial charge in [-0.25, -0.2) is 4.98 Å². The van der Waals surface area contributed by atoms with Gasteiger partial charge in [0.2, 0.25) is 5.89 Å². The van der Waals surface area contributed by atoms with Crippen molar-refractivity contribution in [3.05, 3.63) is 30.4 Å². The van der Waals surface area contributed by atoms with Crippen LogP contribution in [0.3, 0.4) is 0 Å². The second kappa shape index (κ2) is 4.34. The molecule has 0 bridgehead atoms. The molecule has 0 saturated heterocycles. The van der Waals surface area contributed by atoms with Crippen molar-refractivity contribution in [3.63, 3.8) is 0 Å². The average molecular weight is 261 g/mol. The molecule has 0 unspecified atom stereocenters. The number of benzene rings is 1. The highest BCUT2D eigenvalue weighted by molar-refractivity contribution is 7.98. The Balaban J connectivity index is 1.81. The molecule has 2 heterocycles. The van der Waals surface area contributed by atoms with E-state index in [1.807, 2.05) is 23.7 Å². The molecule has 1 aromatic carbocycles. The van der Waals surface area contributed by atoms with Crippen LogP contribution in [0.2, 0.25) is 0 Å². The van der Waals surface area contributed by atoms with E-state index in [0.717, 1.165) is 10.7 Å². The Morgan fingerprint density at radius 2 is 2.33 bits per heavy atom. The lowest BCUT2D eigenvalue weighted by atomic mass is 10.3. The maximum absolute atomic E-state index is 5.69. The SMILES string of the molecule is Cn1cnnc1SCc1nc2ccc(N)cc2o1. The van der Waals surface area contributed by atoms with Crippen LogP contribution < -0.4 is 5.73 Å². The summed E-state index contributed by atoms with van der Waals surface area (Å²) in [5.41, 5.74) is 7.89. The molecular weight excluding hydrogens is 250 g/mol. The minimum atomic E-state index is 0.612. The number of hydrogen-bond acceptors (Lipinski definition) is 6. The lowest BCUT2D eigenvalue weighted by Crippen LogP contribution is -1.89. The summed E-state index contributed by atoms with van der Waals surface area (Å²) in [4.78, 5) is 4.38. The number of nitrogens with zero attached hydrogens (tertiary/aromatic N) is 4. The molecule has 0 aliphatic rings. The fourth-order valence-corrected chi connectivity index (χ4v) is 2.31. The molecule has 3 rings (SSSR count). The number of thioether (sulfide) groups is 1. The van der Waals surface area contributed by atoms with E-state index >= 15 is 0 Å². The predicted molar refractivity (Wildman–Crippen MR) is 69.0 cm³/mol. The first kappa shape index (κ1) is 11.1. The highest BCUT2D eigenvalue weighted by Crippen LogP contribution is 2.23. The highest BCUT2D eigenvalue weighted by atomic mass is 32.2. The third-order valence-corrected chi connectivity index (χ3v) is 3.47. The Hall–Kier alpha value is -2.02. The maximum atomic E-state index is 5.69. The summed E-state index contributed by atoms with van der Waals surface area (Å²) in [5.74, 6) is 1.27. The van der Waals surface area contributed by atoms with Gasteiger partial charge in [0.05, 0.1) is 5.75 Å². The van der Waals surface area contributed by atoms with Crippen molar-refractivity contribution in [2.45, 2.75) is 10.9 Å². The quantitative estimate of drug-likeness (QED) is 0.572. The summed E-state index contributed by atoms with van der Waals surface area (Å²) in [6.07, 6.45) is 1.66. The van der Waals surface area contributed by atoms with Crippen molar-refractivity contribution in [1.82, 2.24) is 19.7 Å². The minimum Gasteiger partial charge on any atom is -0.440 e. The van der Waals surface area contributed by atoms with E-state index in [2.05, 4.69) is 15.2 Å². The third-order valence-electron chi connectivity index (χ3n) is 2.45. The van der Waals surface area contributed by atoms with Crippen LogP contribution in [-0.4, -0.2) is 19.7 Å². The Kier molecular flexibility index (Phi) is 2.67. The van der Waals surface area contributed by atoms with E-state index in [0.29, 0.717) is 22.9 Å². The molecule has 92 valence electrons. The van der Waals surface area contributed by atoms with Gasteiger partial charge in [0.25, 0.3) is 0 Å². The molecule has 0 aliphatic carbocycles. The largest absolute Gasteiger partial charge is 0.440 e. The van der Waals surface area contributed by atoms with Crippen molar-refractivity contribution in [3.8, 4) is 0 Å². The number of anilines is 1. The first-order valence-corrected chi connectivity index (χ1v) is 6.32. The van der Waals surface area contributed by atoms with Gasteiger partial charge in [-0.2, -0.15) is 0 Å². The van der Waals surface area contributed by atoms with Crippen LogP contribution in [0.1, 0.15) is 5.89 Å². The minimum absolute atomic E-state index is 0.612. The zero-order valence-corrected chi connectivity index (χ0v) is 10.5. The summed E-state index contributed by atoms with van der Waals surface area (Å²) >= 11 is 1.53. The topological polar surface area (TPSA) is 82.8 Å². The van der Waals surface area contributed by atoms with Crippen LogP contribution >= 0.6 is 11.8 Å². The highest BCUT2D eigenvalue weighted by Gasteiger charge is 2.08. The van der Waals surface area contributed by atoms with Gasteiger partial charge in [0.1, 0.15) is 11.8 Å². The molecule has 0 fully saturated rings. The van der Waals surface area contributed by atoms with Gasteiger partial charge in [-0.1, -0.05) is 11.8 Å². The number of oxazole rings is 1. The Bertz CT molecular complexity index is 690. The van der Waals surface area contributed by atoms with E-state index in [1.165, 1.54) is 11.8 Å². The van der Waals surface area contributed by atoms with Crippen molar-refractivity contribution >= 4 is 28.5 Å². The molecule has 18 heavy (non-hydrogen) atoms. The van der Waals surface area contributed by atoms with Gasteiger partial charge in [0.15, 0.2) is 10.7 Å². The molecule has 7 heteroatoms. The van der Waals surface area contributed by atoms with E-state index in [1.54, 1.807) is 12.4 Å². The maximum Gasteiger partial charge on any atom is 0.205 e. The molecule has 2 aromatic heterocycles. The van der Waals surface area contributed by atoms with E-state index in [9.17, 15) is 0 Å². The predicted octanol–water partition coefficient (Wildman–Crippen LogP) is 1.83. The van der Waals surface area contributed by atoms with Crippen molar-refractivity contribution in [2.75, 3.05) is 5.73 Å². The summed E-state index contributed by atoms with van der Waals surface area (Å²) in [7, 11) is 1.90. The molecule has 3 aromatic rings. The molecule has 0 radical (unpaired) electrons. The molecule has 0 spiro atoms. The normalized spacial score (nSPS) is 11.2. The molecular formula is C11H11N5OS. The summed E-state index contributed by atoms with van der Waals surface area (Å²) < 4.78 is 7.47. The number of fused-ring (bicyclic) bond motifs is 1. The number of aromatic nitrogens is 4. The number of nitrogen functional groups attached to an aromatic ring is 1. The smallest absolute Gasteiger partial charge is 0.205 e. The summed E-state index contributed by atoms with van der Waals surface area (Å²) in [6, 6.07) is 5.44. The number of hydrogen-bond donors (Lipinski definition) is 1. The third kappa shape index (κ3) is 2.04. The van der Waals surface area contributed by atoms with Gasteiger partial charge in [-0.3, -0.25) is 0 Å². The zero-order chi connectivity index (χ0) is 12.5.